The van der Waals surface area contributed by atoms with Gasteiger partial charge in [-0.2, -0.15) is 0 Å². The molecule has 1 N–H and O–H groups in total. The highest BCUT2D eigenvalue weighted by Crippen LogP contribution is 2.37. The summed E-state index contributed by atoms with van der Waals surface area (Å²) < 4.78 is 17.5. The van der Waals surface area contributed by atoms with Crippen molar-refractivity contribution < 1.29 is 33.7 Å². The maximum Gasteiger partial charge on any atom is 0.335 e. The Kier molecular flexibility index (Phi) is 9.47. The van der Waals surface area contributed by atoms with Gasteiger partial charge < -0.3 is 19.3 Å². The zero-order chi connectivity index (χ0) is 30.9. The van der Waals surface area contributed by atoms with E-state index in [0.717, 1.165) is 33.4 Å². The van der Waals surface area contributed by atoms with Crippen LogP contribution in [-0.2, 0) is 25.7 Å². The van der Waals surface area contributed by atoms with Crippen molar-refractivity contribution in [3.8, 4) is 16.9 Å². The molecule has 0 aliphatic heterocycles. The first-order chi connectivity index (χ1) is 21.5. The molecule has 0 aliphatic rings. The predicted octanol–water partition coefficient (Wildman–Crippen LogP) is 7.46. The molecule has 0 spiro atoms. The van der Waals surface area contributed by atoms with Gasteiger partial charge in [-0.05, 0) is 64.6 Å². The highest BCUT2D eigenvalue weighted by atomic mass is 16.5. The molecular formula is C37H30O7. The molecule has 5 rings (SSSR count). The van der Waals surface area contributed by atoms with Crippen LogP contribution in [0.5, 0.6) is 5.75 Å². The molecule has 0 heterocycles. The fraction of sp³-hybridized carbons (Fsp3) is 0.108. The molecule has 0 bridgehead atoms. The normalized spacial score (nSPS) is 12.0. The number of carbonyl (C=O) groups excluding carboxylic acids is 2. The lowest BCUT2D eigenvalue weighted by Crippen LogP contribution is -2.14. The predicted molar refractivity (Wildman–Crippen MR) is 165 cm³/mol. The van der Waals surface area contributed by atoms with Gasteiger partial charge in [0.05, 0.1) is 5.56 Å². The summed E-state index contributed by atoms with van der Waals surface area (Å²) in [5.74, 6) is -0.303. The number of carboxylic acids is 1. The molecule has 0 saturated carbocycles. The van der Waals surface area contributed by atoms with Crippen LogP contribution in [0.25, 0.3) is 11.1 Å². The van der Waals surface area contributed by atoms with Crippen molar-refractivity contribution >= 4 is 18.9 Å². The Bertz CT molecular complexity index is 1730. The quantitative estimate of drug-likeness (QED) is 0.143. The molecule has 220 valence electrons. The van der Waals surface area contributed by atoms with E-state index in [1.807, 2.05) is 104 Å². The standard InChI is InChI=1S/C37H30O7/c1-25-31(27-16-18-30(19-17-27)37(40)41)13-8-14-34(25)42-22-26-15-20-32(35(43-23-38)28-9-4-2-5-10-28)33(21-26)36(44-24-39)29-11-6-3-7-12-29/h2-21,23-24,35-36H,22H2,1H3,(H,40,41). The van der Waals surface area contributed by atoms with Crippen LogP contribution in [0.3, 0.4) is 0 Å². The van der Waals surface area contributed by atoms with Crippen LogP contribution in [0.2, 0.25) is 0 Å². The Balaban J connectivity index is 1.51. The molecule has 0 fully saturated rings. The van der Waals surface area contributed by atoms with Crippen molar-refractivity contribution in [1.29, 1.82) is 0 Å². The van der Waals surface area contributed by atoms with E-state index in [9.17, 15) is 19.5 Å². The average Bonchev–Trinajstić information content (AvgIpc) is 3.06. The van der Waals surface area contributed by atoms with Crippen LogP contribution >= 0.6 is 0 Å². The Hall–Kier alpha value is -5.69. The fourth-order valence-electron chi connectivity index (χ4n) is 5.25. The number of carbonyl (C=O) groups is 3. The van der Waals surface area contributed by atoms with E-state index in [-0.39, 0.29) is 12.2 Å². The van der Waals surface area contributed by atoms with Crippen molar-refractivity contribution in [2.45, 2.75) is 25.7 Å². The van der Waals surface area contributed by atoms with Gasteiger partial charge >= 0.3 is 5.97 Å². The van der Waals surface area contributed by atoms with Gasteiger partial charge in [0, 0.05) is 11.1 Å². The molecule has 5 aromatic carbocycles. The minimum atomic E-state index is -0.975. The number of hydrogen-bond donors (Lipinski definition) is 1. The molecule has 0 radical (unpaired) electrons. The Morgan fingerprint density at radius 2 is 1.30 bits per heavy atom. The van der Waals surface area contributed by atoms with Gasteiger partial charge in [0.15, 0.2) is 12.2 Å². The zero-order valence-electron chi connectivity index (χ0n) is 24.0. The van der Waals surface area contributed by atoms with Gasteiger partial charge in [-0.15, -0.1) is 0 Å². The maximum atomic E-state index is 11.7. The number of aromatic carboxylic acids is 1. The second-order valence-electron chi connectivity index (χ2n) is 10.1. The molecule has 7 heteroatoms. The molecule has 0 aromatic heterocycles. The lowest BCUT2D eigenvalue weighted by molar-refractivity contribution is -0.134. The topological polar surface area (TPSA) is 99.1 Å². The summed E-state index contributed by atoms with van der Waals surface area (Å²) in [5, 5.41) is 9.24. The molecule has 2 unspecified atom stereocenters. The van der Waals surface area contributed by atoms with Crippen LogP contribution in [0.1, 0.15) is 55.9 Å². The summed E-state index contributed by atoms with van der Waals surface area (Å²) in [4.78, 5) is 34.6. The third kappa shape index (κ3) is 6.68. The molecule has 0 aliphatic carbocycles. The zero-order valence-corrected chi connectivity index (χ0v) is 24.0. The van der Waals surface area contributed by atoms with E-state index >= 15 is 0 Å². The lowest BCUT2D eigenvalue weighted by atomic mass is 9.89. The van der Waals surface area contributed by atoms with Gasteiger partial charge in [0.25, 0.3) is 12.9 Å². The minimum absolute atomic E-state index is 0.211. The molecule has 0 saturated heterocycles. The Morgan fingerprint density at radius 3 is 1.86 bits per heavy atom. The number of benzene rings is 5. The molecular weight excluding hydrogens is 556 g/mol. The van der Waals surface area contributed by atoms with E-state index in [1.165, 1.54) is 0 Å². The first-order valence-electron chi connectivity index (χ1n) is 14.0. The van der Waals surface area contributed by atoms with E-state index in [0.29, 0.717) is 29.8 Å². The Labute approximate surface area is 255 Å². The monoisotopic (exact) mass is 586 g/mol. The minimum Gasteiger partial charge on any atom is -0.489 e. The highest BCUT2D eigenvalue weighted by molar-refractivity contribution is 5.88. The highest BCUT2D eigenvalue weighted by Gasteiger charge is 2.26. The summed E-state index contributed by atoms with van der Waals surface area (Å²) in [6.45, 7) is 3.00. The van der Waals surface area contributed by atoms with E-state index in [2.05, 4.69) is 0 Å². The SMILES string of the molecule is Cc1c(OCc2ccc(C(OC=O)c3ccccc3)c(C(OC=O)c3ccccc3)c2)cccc1-c1ccc(C(=O)O)cc1. The van der Waals surface area contributed by atoms with Crippen LogP contribution in [-0.4, -0.2) is 24.0 Å². The summed E-state index contributed by atoms with van der Waals surface area (Å²) in [6.07, 6.45) is -1.49. The molecule has 7 nitrogen and oxygen atoms in total. The Morgan fingerprint density at radius 1 is 0.705 bits per heavy atom. The van der Waals surface area contributed by atoms with E-state index in [4.69, 9.17) is 14.2 Å². The summed E-state index contributed by atoms with van der Waals surface area (Å²) in [7, 11) is 0. The van der Waals surface area contributed by atoms with Gasteiger partial charge in [-0.3, -0.25) is 9.59 Å². The molecule has 5 aromatic rings. The van der Waals surface area contributed by atoms with Crippen LogP contribution in [0.15, 0.2) is 121 Å². The number of ether oxygens (including phenoxy) is 3. The number of hydrogen-bond acceptors (Lipinski definition) is 6. The fourth-order valence-corrected chi connectivity index (χ4v) is 5.25. The van der Waals surface area contributed by atoms with Crippen molar-refractivity contribution in [3.63, 3.8) is 0 Å². The largest absolute Gasteiger partial charge is 0.489 e. The van der Waals surface area contributed by atoms with Gasteiger partial charge in [0.1, 0.15) is 12.4 Å². The van der Waals surface area contributed by atoms with Crippen molar-refractivity contribution in [2.75, 3.05) is 0 Å². The second kappa shape index (κ2) is 14.0. The third-order valence-corrected chi connectivity index (χ3v) is 7.43. The summed E-state index contributed by atoms with van der Waals surface area (Å²) in [5.41, 5.74) is 6.60. The number of rotatable bonds is 13. The smallest absolute Gasteiger partial charge is 0.335 e. The summed E-state index contributed by atoms with van der Waals surface area (Å²) in [6, 6.07) is 36.8. The molecule has 44 heavy (non-hydrogen) atoms. The summed E-state index contributed by atoms with van der Waals surface area (Å²) >= 11 is 0. The van der Waals surface area contributed by atoms with Crippen LogP contribution < -0.4 is 4.74 Å². The second-order valence-corrected chi connectivity index (χ2v) is 10.1. The van der Waals surface area contributed by atoms with Gasteiger partial charge in [0.2, 0.25) is 0 Å². The van der Waals surface area contributed by atoms with Crippen LogP contribution in [0, 0.1) is 6.92 Å². The van der Waals surface area contributed by atoms with Crippen molar-refractivity contribution in [3.05, 3.63) is 160 Å². The molecule has 0 amide bonds. The number of carboxylic acid groups (broad SMARTS) is 1. The van der Waals surface area contributed by atoms with E-state index in [1.54, 1.807) is 24.3 Å². The van der Waals surface area contributed by atoms with Crippen molar-refractivity contribution in [2.24, 2.45) is 0 Å². The van der Waals surface area contributed by atoms with E-state index < -0.39 is 18.2 Å². The van der Waals surface area contributed by atoms with Gasteiger partial charge in [-0.25, -0.2) is 4.79 Å². The lowest BCUT2D eigenvalue weighted by Gasteiger charge is -2.25. The average molecular weight is 587 g/mol. The van der Waals surface area contributed by atoms with Crippen LogP contribution in [0.4, 0.5) is 0 Å². The maximum absolute atomic E-state index is 11.7. The van der Waals surface area contributed by atoms with Gasteiger partial charge in [-0.1, -0.05) is 97.1 Å². The molecule has 2 atom stereocenters. The van der Waals surface area contributed by atoms with Crippen molar-refractivity contribution in [1.82, 2.24) is 0 Å². The first-order valence-corrected chi connectivity index (χ1v) is 14.0. The first kappa shape index (κ1) is 29.8. The third-order valence-electron chi connectivity index (χ3n) is 7.43.